The Hall–Kier alpha value is -1.60. The molecule has 1 fully saturated rings. The number of piperazine rings is 1. The van der Waals surface area contributed by atoms with Gasteiger partial charge in [-0.25, -0.2) is 0 Å². The monoisotopic (exact) mass is 310 g/mol. The lowest BCUT2D eigenvalue weighted by Crippen LogP contribution is -2.55. The Kier molecular flexibility index (Phi) is 5.58. The highest BCUT2D eigenvalue weighted by Crippen LogP contribution is 2.12. The molecule has 0 aliphatic carbocycles. The second-order valence-electron chi connectivity index (χ2n) is 5.17. The van der Waals surface area contributed by atoms with Crippen molar-refractivity contribution < 1.29 is 10.0 Å². The summed E-state index contributed by atoms with van der Waals surface area (Å²) < 4.78 is 0. The number of carbonyl (C=O) groups excluding carboxylic acids is 1. The van der Waals surface area contributed by atoms with Crippen LogP contribution >= 0.6 is 11.3 Å². The molecule has 1 atom stereocenters. The largest absolute Gasteiger partial charge is 0.409 e. The predicted molar refractivity (Wildman–Crippen MR) is 83.7 cm³/mol. The fourth-order valence-corrected chi connectivity index (χ4v) is 3.35. The summed E-state index contributed by atoms with van der Waals surface area (Å²) in [5.41, 5.74) is 6.80. The minimum atomic E-state index is -0.0517. The molecule has 21 heavy (non-hydrogen) atoms. The highest BCUT2D eigenvalue weighted by Gasteiger charge is 2.27. The van der Waals surface area contributed by atoms with Gasteiger partial charge in [0.2, 0.25) is 5.91 Å². The molecule has 0 saturated carbocycles. The molecule has 1 aliphatic heterocycles. The van der Waals surface area contributed by atoms with Crippen molar-refractivity contribution in [2.24, 2.45) is 10.9 Å². The van der Waals surface area contributed by atoms with Crippen molar-refractivity contribution in [1.82, 2.24) is 9.80 Å². The van der Waals surface area contributed by atoms with Crippen LogP contribution in [-0.2, 0) is 11.2 Å². The Morgan fingerprint density at radius 1 is 1.48 bits per heavy atom. The van der Waals surface area contributed by atoms with E-state index < -0.39 is 0 Å². The molecule has 2 rings (SSSR count). The number of amidine groups is 1. The highest BCUT2D eigenvalue weighted by atomic mass is 32.1. The Labute approximate surface area is 128 Å². The number of oxime groups is 1. The van der Waals surface area contributed by atoms with Gasteiger partial charge in [0.05, 0.1) is 12.5 Å². The predicted octanol–water partition coefficient (Wildman–Crippen LogP) is 0.960. The van der Waals surface area contributed by atoms with Crippen LogP contribution in [0, 0.1) is 0 Å². The van der Waals surface area contributed by atoms with Crippen molar-refractivity contribution in [3.05, 3.63) is 22.4 Å². The van der Waals surface area contributed by atoms with Crippen molar-refractivity contribution in [3.8, 4) is 0 Å². The van der Waals surface area contributed by atoms with Crippen LogP contribution in [0.25, 0.3) is 0 Å². The van der Waals surface area contributed by atoms with E-state index in [1.165, 1.54) is 0 Å². The van der Waals surface area contributed by atoms with Crippen LogP contribution < -0.4 is 5.73 Å². The number of carbonyl (C=O) groups is 1. The fraction of sp³-hybridized carbons (Fsp3) is 0.571. The highest BCUT2D eigenvalue weighted by molar-refractivity contribution is 7.07. The van der Waals surface area contributed by atoms with Gasteiger partial charge in [0.15, 0.2) is 5.84 Å². The molecule has 3 N–H and O–H groups in total. The van der Waals surface area contributed by atoms with Crippen molar-refractivity contribution in [1.29, 1.82) is 0 Å². The number of thiophene rings is 1. The summed E-state index contributed by atoms with van der Waals surface area (Å²) in [4.78, 5) is 16.3. The molecule has 0 spiro atoms. The summed E-state index contributed by atoms with van der Waals surface area (Å²) in [6.45, 7) is 4.90. The number of rotatable bonds is 5. The zero-order valence-corrected chi connectivity index (χ0v) is 13.1. The summed E-state index contributed by atoms with van der Waals surface area (Å²) in [6.07, 6.45) is 1.26. The lowest BCUT2D eigenvalue weighted by atomic mass is 10.1. The number of hydrogen-bond acceptors (Lipinski definition) is 5. The first kappa shape index (κ1) is 15.8. The van der Waals surface area contributed by atoms with Crippen molar-refractivity contribution in [3.63, 3.8) is 0 Å². The first-order chi connectivity index (χ1) is 10.2. The molecule has 116 valence electrons. The van der Waals surface area contributed by atoms with Crippen LogP contribution in [-0.4, -0.2) is 59.0 Å². The molecule has 0 bridgehead atoms. The average molecular weight is 310 g/mol. The molecular formula is C14H22N4O2S. The lowest BCUT2D eigenvalue weighted by molar-refractivity contribution is -0.132. The van der Waals surface area contributed by atoms with Crippen LogP contribution in [0.4, 0.5) is 0 Å². The van der Waals surface area contributed by atoms with Gasteiger partial charge in [-0.05, 0) is 28.8 Å². The van der Waals surface area contributed by atoms with Crippen molar-refractivity contribution in [2.45, 2.75) is 25.8 Å². The molecule has 6 nitrogen and oxygen atoms in total. The number of amides is 1. The normalized spacial score (nSPS) is 18.7. The molecule has 1 aromatic rings. The molecule has 2 heterocycles. The van der Waals surface area contributed by atoms with E-state index in [0.29, 0.717) is 19.5 Å². The summed E-state index contributed by atoms with van der Waals surface area (Å²) in [5, 5.41) is 15.9. The number of hydrogen-bond donors (Lipinski definition) is 2. The molecule has 1 aliphatic rings. The van der Waals surface area contributed by atoms with E-state index in [2.05, 4.69) is 10.1 Å². The second kappa shape index (κ2) is 7.42. The quantitative estimate of drug-likeness (QED) is 0.367. The van der Waals surface area contributed by atoms with Gasteiger partial charge >= 0.3 is 0 Å². The van der Waals surface area contributed by atoms with Gasteiger partial charge in [0.25, 0.3) is 0 Å². The maximum absolute atomic E-state index is 12.2. The average Bonchev–Trinajstić information content (AvgIpc) is 3.01. The summed E-state index contributed by atoms with van der Waals surface area (Å²) in [5.74, 6) is 0.417. The molecule has 0 radical (unpaired) electrons. The number of nitrogens with two attached hydrogens (primary N) is 1. The Bertz CT molecular complexity index is 481. The minimum absolute atomic E-state index is 0.0517. The van der Waals surface area contributed by atoms with Gasteiger partial charge in [0, 0.05) is 26.2 Å². The Morgan fingerprint density at radius 2 is 2.19 bits per heavy atom. The van der Waals surface area contributed by atoms with E-state index >= 15 is 0 Å². The maximum Gasteiger partial charge on any atom is 0.227 e. The zero-order chi connectivity index (χ0) is 15.2. The second-order valence-corrected chi connectivity index (χ2v) is 5.95. The topological polar surface area (TPSA) is 82.2 Å². The number of nitrogens with zero attached hydrogens (tertiary/aromatic N) is 3. The summed E-state index contributed by atoms with van der Waals surface area (Å²) in [7, 11) is 0. The fourth-order valence-electron chi connectivity index (χ4n) is 2.68. The van der Waals surface area contributed by atoms with E-state index in [4.69, 9.17) is 10.9 Å². The summed E-state index contributed by atoms with van der Waals surface area (Å²) in [6, 6.07) is 1.94. The first-order valence-electron chi connectivity index (χ1n) is 7.16. The van der Waals surface area contributed by atoms with Crippen molar-refractivity contribution in [2.75, 3.05) is 26.2 Å². The summed E-state index contributed by atoms with van der Waals surface area (Å²) >= 11 is 1.61. The van der Waals surface area contributed by atoms with Crippen LogP contribution in [0.5, 0.6) is 0 Å². The van der Waals surface area contributed by atoms with E-state index in [9.17, 15) is 4.79 Å². The molecule has 7 heteroatoms. The van der Waals surface area contributed by atoms with Gasteiger partial charge in [-0.2, -0.15) is 11.3 Å². The molecule has 1 saturated heterocycles. The standard InChI is InChI=1S/C14H22N4O2S/c1-2-12(14(15)16-20)17-4-6-18(7-5-17)13(19)9-11-3-8-21-10-11/h3,8,10,12,20H,2,4-7,9H2,1H3,(H2,15,16). The Morgan fingerprint density at radius 3 is 2.71 bits per heavy atom. The van der Waals surface area contributed by atoms with Crippen LogP contribution in [0.2, 0.25) is 0 Å². The third-order valence-corrected chi connectivity index (χ3v) is 4.62. The minimum Gasteiger partial charge on any atom is -0.409 e. The van der Waals surface area contributed by atoms with Gasteiger partial charge in [0.1, 0.15) is 0 Å². The molecule has 1 amide bonds. The van der Waals surface area contributed by atoms with E-state index in [-0.39, 0.29) is 17.8 Å². The molecular weight excluding hydrogens is 288 g/mol. The molecule has 1 unspecified atom stereocenters. The smallest absolute Gasteiger partial charge is 0.227 e. The van der Waals surface area contributed by atoms with Crippen LogP contribution in [0.1, 0.15) is 18.9 Å². The van der Waals surface area contributed by atoms with E-state index in [0.717, 1.165) is 25.1 Å². The Balaban J connectivity index is 1.86. The van der Waals surface area contributed by atoms with Crippen LogP contribution in [0.15, 0.2) is 22.0 Å². The van der Waals surface area contributed by atoms with Gasteiger partial charge in [-0.15, -0.1) is 0 Å². The molecule has 1 aromatic heterocycles. The third kappa shape index (κ3) is 3.95. The third-order valence-electron chi connectivity index (χ3n) is 3.89. The lowest BCUT2D eigenvalue weighted by Gasteiger charge is -2.38. The van der Waals surface area contributed by atoms with E-state index in [1.54, 1.807) is 11.3 Å². The van der Waals surface area contributed by atoms with Gasteiger partial charge in [-0.3, -0.25) is 9.69 Å². The van der Waals surface area contributed by atoms with E-state index in [1.807, 2.05) is 28.7 Å². The SMILES string of the molecule is CCC(C(N)=NO)N1CCN(C(=O)Cc2ccsc2)CC1. The zero-order valence-electron chi connectivity index (χ0n) is 12.2. The maximum atomic E-state index is 12.2. The van der Waals surface area contributed by atoms with Gasteiger partial charge in [-0.1, -0.05) is 12.1 Å². The van der Waals surface area contributed by atoms with Gasteiger partial charge < -0.3 is 15.8 Å². The van der Waals surface area contributed by atoms with Crippen molar-refractivity contribution >= 4 is 23.1 Å². The molecule has 0 aromatic carbocycles. The first-order valence-corrected chi connectivity index (χ1v) is 8.10. The van der Waals surface area contributed by atoms with Crippen LogP contribution in [0.3, 0.4) is 0 Å².